The third-order valence-corrected chi connectivity index (χ3v) is 6.49. The van der Waals surface area contributed by atoms with Crippen molar-refractivity contribution in [2.75, 3.05) is 19.7 Å². The second-order valence-corrected chi connectivity index (χ2v) is 9.25. The molecule has 1 aliphatic rings. The van der Waals surface area contributed by atoms with Crippen LogP contribution < -0.4 is 10.1 Å². The molecule has 0 bridgehead atoms. The summed E-state index contributed by atoms with van der Waals surface area (Å²) in [6, 6.07) is 3.96. The Balaban J connectivity index is 1.48. The topological polar surface area (TPSA) is 102 Å². The summed E-state index contributed by atoms with van der Waals surface area (Å²) in [6.07, 6.45) is 3.81. The van der Waals surface area contributed by atoms with E-state index in [1.54, 1.807) is 21.5 Å². The second-order valence-electron chi connectivity index (χ2n) is 8.85. The van der Waals surface area contributed by atoms with Gasteiger partial charge in [-0.05, 0) is 45.0 Å². The molecule has 0 aliphatic carbocycles. The van der Waals surface area contributed by atoms with E-state index in [0.29, 0.717) is 46.2 Å². The number of pyridine rings is 2. The number of aliphatic hydroxyl groups is 1. The van der Waals surface area contributed by atoms with Crippen molar-refractivity contribution in [3.05, 3.63) is 59.0 Å². The lowest BCUT2D eigenvalue weighted by atomic mass is 10.0. The molecule has 4 aromatic heterocycles. The molecule has 1 saturated heterocycles. The Hall–Kier alpha value is -3.15. The first-order valence-corrected chi connectivity index (χ1v) is 11.5. The lowest BCUT2D eigenvalue weighted by Crippen LogP contribution is -2.39. The van der Waals surface area contributed by atoms with Crippen LogP contribution in [0.3, 0.4) is 0 Å². The number of piperidine rings is 1. The summed E-state index contributed by atoms with van der Waals surface area (Å²) >= 11 is 6.35. The van der Waals surface area contributed by atoms with Crippen molar-refractivity contribution in [3.63, 3.8) is 0 Å². The van der Waals surface area contributed by atoms with E-state index in [1.165, 1.54) is 25.3 Å². The highest BCUT2D eigenvalue weighted by Crippen LogP contribution is 2.34. The minimum absolute atomic E-state index is 0.184. The van der Waals surface area contributed by atoms with Crippen LogP contribution >= 0.6 is 11.6 Å². The van der Waals surface area contributed by atoms with E-state index in [1.807, 2.05) is 6.92 Å². The maximum absolute atomic E-state index is 14.5. The van der Waals surface area contributed by atoms with Gasteiger partial charge in [0.1, 0.15) is 41.2 Å². The van der Waals surface area contributed by atoms with Gasteiger partial charge >= 0.3 is 0 Å². The molecule has 1 aliphatic heterocycles. The van der Waals surface area contributed by atoms with Crippen LogP contribution in [0.2, 0.25) is 5.02 Å². The molecule has 0 spiro atoms. The minimum Gasteiger partial charge on any atom is -0.488 e. The van der Waals surface area contributed by atoms with Crippen LogP contribution in [-0.2, 0) is 5.60 Å². The van der Waals surface area contributed by atoms with Gasteiger partial charge in [-0.1, -0.05) is 16.8 Å². The van der Waals surface area contributed by atoms with E-state index in [2.05, 4.69) is 25.7 Å². The number of rotatable bonds is 6. The first-order valence-electron chi connectivity index (χ1n) is 11.2. The predicted octanol–water partition coefficient (Wildman–Crippen LogP) is 3.25. The number of nitrogens with zero attached hydrogens (tertiary/aromatic N) is 6. The minimum atomic E-state index is -1.50. The number of alkyl halides is 1. The highest BCUT2D eigenvalue weighted by atomic mass is 35.5. The standard InChI is InChI=1S/C23H24ClF2N7O2/c1-13-21(30-31-33(13)18-5-6-27-10-17(18)26)14-7-19(22-16(24)9-29-32(22)11-14)35-12-23(2,34)20-4-3-15(25)8-28-20/h3-4,7-9,11,17-18,27,34H,5-6,10,12H2,1-2H3/t17-,18-,23?/m1/s1. The van der Waals surface area contributed by atoms with E-state index >= 15 is 0 Å². The van der Waals surface area contributed by atoms with Gasteiger partial charge in [-0.2, -0.15) is 5.10 Å². The average Bonchev–Trinajstić information content (AvgIpc) is 3.40. The second kappa shape index (κ2) is 9.14. The van der Waals surface area contributed by atoms with E-state index in [9.17, 15) is 13.9 Å². The molecule has 12 heteroatoms. The molecular weight excluding hydrogens is 480 g/mol. The Morgan fingerprint density at radius 2 is 2.17 bits per heavy atom. The predicted molar refractivity (Wildman–Crippen MR) is 125 cm³/mol. The van der Waals surface area contributed by atoms with Crippen molar-refractivity contribution in [1.82, 2.24) is 34.9 Å². The first-order chi connectivity index (χ1) is 16.7. The number of aromatic nitrogens is 6. The largest absolute Gasteiger partial charge is 0.488 e. The number of halogens is 3. The van der Waals surface area contributed by atoms with Gasteiger partial charge in [0.05, 0.1) is 34.8 Å². The van der Waals surface area contributed by atoms with Crippen LogP contribution in [0.15, 0.2) is 36.8 Å². The van der Waals surface area contributed by atoms with Crippen LogP contribution in [-0.4, -0.2) is 60.6 Å². The Bertz CT molecular complexity index is 1360. The van der Waals surface area contributed by atoms with Gasteiger partial charge < -0.3 is 15.2 Å². The van der Waals surface area contributed by atoms with E-state index in [-0.39, 0.29) is 18.8 Å². The van der Waals surface area contributed by atoms with Gasteiger partial charge in [0.2, 0.25) is 0 Å². The van der Waals surface area contributed by atoms with Crippen molar-refractivity contribution in [3.8, 4) is 17.0 Å². The van der Waals surface area contributed by atoms with Gasteiger partial charge in [0, 0.05) is 18.3 Å². The lowest BCUT2D eigenvalue weighted by molar-refractivity contribution is 0.00420. The molecule has 2 N–H and O–H groups in total. The van der Waals surface area contributed by atoms with Crippen LogP contribution in [0.25, 0.3) is 16.8 Å². The Labute approximate surface area is 204 Å². The summed E-state index contributed by atoms with van der Waals surface area (Å²) < 4.78 is 37.0. The third kappa shape index (κ3) is 4.46. The zero-order valence-corrected chi connectivity index (χ0v) is 19.9. The summed E-state index contributed by atoms with van der Waals surface area (Å²) in [5, 5.41) is 27.1. The number of ether oxygens (including phenoxy) is 1. The zero-order chi connectivity index (χ0) is 24.7. The molecule has 0 amide bonds. The Morgan fingerprint density at radius 1 is 1.34 bits per heavy atom. The van der Waals surface area contributed by atoms with Crippen molar-refractivity contribution in [1.29, 1.82) is 0 Å². The summed E-state index contributed by atoms with van der Waals surface area (Å²) in [6.45, 7) is 4.16. The summed E-state index contributed by atoms with van der Waals surface area (Å²) in [4.78, 5) is 3.96. The monoisotopic (exact) mass is 503 g/mol. The molecule has 4 aromatic rings. The van der Waals surface area contributed by atoms with E-state index in [4.69, 9.17) is 16.3 Å². The molecule has 35 heavy (non-hydrogen) atoms. The molecule has 0 radical (unpaired) electrons. The third-order valence-electron chi connectivity index (χ3n) is 6.21. The summed E-state index contributed by atoms with van der Waals surface area (Å²) in [5.74, 6) is -0.149. The van der Waals surface area contributed by atoms with Crippen LogP contribution in [0.5, 0.6) is 5.75 Å². The van der Waals surface area contributed by atoms with Crippen molar-refractivity contribution >= 4 is 17.1 Å². The maximum Gasteiger partial charge on any atom is 0.147 e. The SMILES string of the molecule is Cc1c(-c2cc(OCC(C)(O)c3ccc(F)cn3)c3c(Cl)cnn3c2)nnn1[C@@H]1CCNC[C@H]1F. The summed E-state index contributed by atoms with van der Waals surface area (Å²) in [7, 11) is 0. The molecule has 0 aromatic carbocycles. The van der Waals surface area contributed by atoms with E-state index in [0.717, 1.165) is 6.20 Å². The number of hydrogen-bond acceptors (Lipinski definition) is 7. The van der Waals surface area contributed by atoms with Crippen LogP contribution in [0.4, 0.5) is 8.78 Å². The fraction of sp³-hybridized carbons (Fsp3) is 0.391. The quantitative estimate of drug-likeness (QED) is 0.416. The van der Waals surface area contributed by atoms with Crippen LogP contribution in [0.1, 0.15) is 30.8 Å². The average molecular weight is 504 g/mol. The van der Waals surface area contributed by atoms with Crippen molar-refractivity contribution in [2.45, 2.75) is 38.1 Å². The molecule has 1 unspecified atom stereocenters. The first kappa shape index (κ1) is 23.6. The highest BCUT2D eigenvalue weighted by Gasteiger charge is 2.30. The molecule has 0 saturated carbocycles. The lowest BCUT2D eigenvalue weighted by Gasteiger charge is -2.27. The molecule has 184 valence electrons. The van der Waals surface area contributed by atoms with Gasteiger partial charge in [-0.25, -0.2) is 18.0 Å². The molecule has 3 atom stereocenters. The summed E-state index contributed by atoms with van der Waals surface area (Å²) in [5.41, 5.74) is 1.17. The number of hydrogen-bond donors (Lipinski definition) is 2. The van der Waals surface area contributed by atoms with Gasteiger partial charge in [0.25, 0.3) is 0 Å². The van der Waals surface area contributed by atoms with Crippen molar-refractivity contribution in [2.24, 2.45) is 0 Å². The highest BCUT2D eigenvalue weighted by molar-refractivity contribution is 6.34. The van der Waals surface area contributed by atoms with Gasteiger partial charge in [-0.3, -0.25) is 4.98 Å². The van der Waals surface area contributed by atoms with E-state index < -0.39 is 23.6 Å². The van der Waals surface area contributed by atoms with Crippen LogP contribution in [0, 0.1) is 12.7 Å². The molecule has 5 heterocycles. The molecular formula is C23H24ClF2N7O2. The maximum atomic E-state index is 14.5. The normalized spacial score (nSPS) is 20.2. The van der Waals surface area contributed by atoms with Crippen molar-refractivity contribution < 1.29 is 18.6 Å². The van der Waals surface area contributed by atoms with Gasteiger partial charge in [-0.15, -0.1) is 5.10 Å². The molecule has 1 fully saturated rings. The fourth-order valence-corrected chi connectivity index (χ4v) is 4.50. The van der Waals surface area contributed by atoms with Gasteiger partial charge in [0.15, 0.2) is 0 Å². The molecule has 5 rings (SSSR count). The Kier molecular flexibility index (Phi) is 6.16. The molecule has 9 nitrogen and oxygen atoms in total. The number of fused-ring (bicyclic) bond motifs is 1. The smallest absolute Gasteiger partial charge is 0.147 e. The fourth-order valence-electron chi connectivity index (χ4n) is 4.28. The zero-order valence-electron chi connectivity index (χ0n) is 19.1. The number of nitrogens with one attached hydrogen (secondary N) is 1. The Morgan fingerprint density at radius 3 is 2.91 bits per heavy atom.